The van der Waals surface area contributed by atoms with Crippen LogP contribution in [0.25, 0.3) is 0 Å². The fraction of sp³-hybridized carbons (Fsp3) is 0.176. The number of methoxy groups -OCH3 is 1. The van der Waals surface area contributed by atoms with E-state index in [2.05, 4.69) is 0 Å². The number of carbonyl (C=O) groups excluding carboxylic acids is 4. The van der Waals surface area contributed by atoms with Gasteiger partial charge in [0.15, 0.2) is 0 Å². The largest absolute Gasteiger partial charge is 1.00 e. The standard InChI is InChI=1S/C17H15N3O6Se.Na/c1-18-14(23)13(16-19(8-12(21)22)11(26-2)9-27-16)15(24)20(17(18)25)10-6-4-3-5-7-10;/h3-7,9H,8H2,1-2H3,(H,21,22);/q;+1/p-1/b16-13+;. The van der Waals surface area contributed by atoms with Gasteiger partial charge in [0.2, 0.25) is 0 Å². The summed E-state index contributed by atoms with van der Waals surface area (Å²) in [5.41, 5.74) is 0.0484. The molecule has 9 nitrogen and oxygen atoms in total. The van der Waals surface area contributed by atoms with E-state index >= 15 is 0 Å². The van der Waals surface area contributed by atoms with E-state index < -0.39 is 45.3 Å². The van der Waals surface area contributed by atoms with Gasteiger partial charge in [0, 0.05) is 0 Å². The fourth-order valence-corrected chi connectivity index (χ4v) is 4.77. The summed E-state index contributed by atoms with van der Waals surface area (Å²) in [7, 11) is 2.62. The summed E-state index contributed by atoms with van der Waals surface area (Å²) in [6.07, 6.45) is 0. The molecule has 0 radical (unpaired) electrons. The van der Waals surface area contributed by atoms with Crippen LogP contribution >= 0.6 is 0 Å². The van der Waals surface area contributed by atoms with Crippen molar-refractivity contribution in [1.82, 2.24) is 9.80 Å². The predicted octanol–water partition coefficient (Wildman–Crippen LogP) is -3.96. The molecule has 0 atom stereocenters. The van der Waals surface area contributed by atoms with Gasteiger partial charge in [-0.3, -0.25) is 0 Å². The monoisotopic (exact) mass is 459 g/mol. The van der Waals surface area contributed by atoms with Crippen LogP contribution in [0, 0.1) is 0 Å². The maximum absolute atomic E-state index is 13.1. The number of anilines is 1. The summed E-state index contributed by atoms with van der Waals surface area (Å²) < 4.78 is 5.34. The van der Waals surface area contributed by atoms with Gasteiger partial charge in [-0.1, -0.05) is 0 Å². The molecule has 0 aromatic heterocycles. The number of para-hydroxylation sites is 1. The van der Waals surface area contributed by atoms with Crippen LogP contribution in [0.5, 0.6) is 0 Å². The molecule has 4 amide bonds. The Morgan fingerprint density at radius 3 is 2.36 bits per heavy atom. The number of ether oxygens (including phenoxy) is 1. The number of barbiturate groups is 1. The number of carboxylic acids is 1. The minimum Gasteiger partial charge on any atom is 1.00 e. The first kappa shape index (κ1) is 22.2. The van der Waals surface area contributed by atoms with Gasteiger partial charge in [0.1, 0.15) is 0 Å². The molecule has 0 bridgehead atoms. The molecule has 0 saturated carbocycles. The topological polar surface area (TPSA) is 110 Å². The van der Waals surface area contributed by atoms with Crippen molar-refractivity contribution >= 4 is 44.5 Å². The number of imide groups is 2. The molecule has 1 saturated heterocycles. The molecule has 1 aromatic carbocycles. The molecule has 2 heterocycles. The third-order valence-corrected chi connectivity index (χ3v) is 5.95. The van der Waals surface area contributed by atoms with Crippen LogP contribution in [-0.4, -0.2) is 69.3 Å². The summed E-state index contributed by atoms with van der Waals surface area (Å²) in [6.45, 7) is -0.580. The van der Waals surface area contributed by atoms with Crippen LogP contribution in [0.3, 0.4) is 0 Å². The second-order valence-electron chi connectivity index (χ2n) is 5.54. The predicted molar refractivity (Wildman–Crippen MR) is 91.7 cm³/mol. The summed E-state index contributed by atoms with van der Waals surface area (Å²) in [4.78, 5) is 53.9. The van der Waals surface area contributed by atoms with Gasteiger partial charge in [0.05, 0.1) is 0 Å². The van der Waals surface area contributed by atoms with Gasteiger partial charge in [-0.2, -0.15) is 0 Å². The van der Waals surface area contributed by atoms with E-state index in [4.69, 9.17) is 4.74 Å². The summed E-state index contributed by atoms with van der Waals surface area (Å²) in [5, 5.41) is 11.1. The van der Waals surface area contributed by atoms with Crippen LogP contribution < -0.4 is 39.6 Å². The zero-order valence-electron chi connectivity index (χ0n) is 15.4. The third-order valence-electron chi connectivity index (χ3n) is 3.92. The number of amides is 4. The molecule has 2 aliphatic heterocycles. The SMILES string of the molecule is COC1=C[Se]/C(=C2\C(=O)N(C)C(=O)N(c3ccccc3)C2=O)N1CC(=O)[O-].[Na+]. The second-order valence-corrected chi connectivity index (χ2v) is 7.34. The van der Waals surface area contributed by atoms with E-state index in [-0.39, 0.29) is 45.6 Å². The molecule has 0 aliphatic carbocycles. The molecule has 1 aromatic rings. The van der Waals surface area contributed by atoms with Crippen molar-refractivity contribution in [1.29, 1.82) is 0 Å². The first-order chi connectivity index (χ1) is 12.9. The first-order valence-electron chi connectivity index (χ1n) is 7.70. The Bertz CT molecular complexity index is 901. The van der Waals surface area contributed by atoms with E-state index in [0.717, 1.165) is 9.80 Å². The minimum atomic E-state index is -1.39. The molecular formula is C17H14N3NaO6Se. The fourth-order valence-electron chi connectivity index (χ4n) is 2.65. The molecule has 0 spiro atoms. The molecular weight excluding hydrogens is 444 g/mol. The van der Waals surface area contributed by atoms with Crippen molar-refractivity contribution in [3.05, 3.63) is 51.4 Å². The number of benzene rings is 1. The van der Waals surface area contributed by atoms with Crippen molar-refractivity contribution in [2.45, 2.75) is 0 Å². The van der Waals surface area contributed by atoms with Crippen LogP contribution in [0.1, 0.15) is 0 Å². The van der Waals surface area contributed by atoms with Crippen molar-refractivity contribution < 1.29 is 58.6 Å². The number of nitrogens with zero attached hydrogens (tertiary/aromatic N) is 3. The van der Waals surface area contributed by atoms with Gasteiger partial charge in [-0.05, 0) is 0 Å². The smallest absolute Gasteiger partial charge is 1.00 e. The molecule has 3 rings (SSSR count). The Balaban J connectivity index is 0.00000280. The number of hydrogen-bond acceptors (Lipinski definition) is 7. The van der Waals surface area contributed by atoms with Crippen LogP contribution in [0.15, 0.2) is 51.4 Å². The van der Waals surface area contributed by atoms with Gasteiger partial charge in [0.25, 0.3) is 0 Å². The number of rotatable bonds is 4. The third kappa shape index (κ3) is 3.87. The molecule has 11 heteroatoms. The van der Waals surface area contributed by atoms with Gasteiger partial charge < -0.3 is 0 Å². The first-order valence-corrected chi connectivity index (χ1v) is 9.55. The summed E-state index contributed by atoms with van der Waals surface area (Å²) >= 11 is -0.537. The molecule has 0 N–H and O–H groups in total. The van der Waals surface area contributed by atoms with Gasteiger partial charge >= 0.3 is 190 Å². The Labute approximate surface area is 189 Å². The van der Waals surface area contributed by atoms with E-state index in [1.54, 1.807) is 35.3 Å². The maximum Gasteiger partial charge on any atom is 1.00 e. The molecule has 1 fully saturated rings. The number of urea groups is 1. The summed E-state index contributed by atoms with van der Waals surface area (Å²) in [6, 6.07) is 7.40. The van der Waals surface area contributed by atoms with Crippen LogP contribution in [0.2, 0.25) is 0 Å². The number of hydrogen-bond donors (Lipinski definition) is 0. The van der Waals surface area contributed by atoms with Crippen LogP contribution in [-0.2, 0) is 19.1 Å². The van der Waals surface area contributed by atoms with E-state index in [1.165, 1.54) is 19.1 Å². The maximum atomic E-state index is 13.1. The minimum absolute atomic E-state index is 0. The Kier molecular flexibility index (Phi) is 7.08. The Morgan fingerprint density at radius 2 is 1.79 bits per heavy atom. The summed E-state index contributed by atoms with van der Waals surface area (Å²) in [5.74, 6) is -2.77. The van der Waals surface area contributed by atoms with Gasteiger partial charge in [-0.15, -0.1) is 0 Å². The average Bonchev–Trinajstić information content (AvgIpc) is 3.03. The van der Waals surface area contributed by atoms with Crippen molar-refractivity contribution in [2.24, 2.45) is 0 Å². The average molecular weight is 458 g/mol. The molecule has 2 aliphatic rings. The van der Waals surface area contributed by atoms with Crippen LogP contribution in [0.4, 0.5) is 10.5 Å². The quantitative estimate of drug-likeness (QED) is 0.257. The number of carbonyl (C=O) groups is 4. The Morgan fingerprint density at radius 1 is 1.14 bits per heavy atom. The molecule has 28 heavy (non-hydrogen) atoms. The molecule has 0 unspecified atom stereocenters. The van der Waals surface area contributed by atoms with Gasteiger partial charge in [-0.25, -0.2) is 0 Å². The van der Waals surface area contributed by atoms with E-state index in [9.17, 15) is 24.3 Å². The van der Waals surface area contributed by atoms with E-state index in [1.807, 2.05) is 0 Å². The normalized spacial score (nSPS) is 19.6. The van der Waals surface area contributed by atoms with Crippen molar-refractivity contribution in [3.8, 4) is 0 Å². The molecule has 140 valence electrons. The second kappa shape index (κ2) is 8.93. The van der Waals surface area contributed by atoms with Crippen molar-refractivity contribution in [2.75, 3.05) is 25.6 Å². The van der Waals surface area contributed by atoms with E-state index in [0.29, 0.717) is 5.69 Å². The Hall–Kier alpha value is -2.10. The zero-order chi connectivity index (χ0) is 19.7. The van der Waals surface area contributed by atoms with Crippen molar-refractivity contribution in [3.63, 3.8) is 0 Å². The number of likely N-dealkylation sites (N-methyl/N-ethyl adjacent to an activating group) is 1. The zero-order valence-corrected chi connectivity index (χ0v) is 19.1. The number of aliphatic carboxylic acids is 1. The number of carboxylic acid groups (broad SMARTS) is 1.